The van der Waals surface area contributed by atoms with Crippen LogP contribution in [0.25, 0.3) is 0 Å². The minimum Gasteiger partial charge on any atom is -0.399 e. The van der Waals surface area contributed by atoms with Crippen molar-refractivity contribution in [2.45, 2.75) is 6.54 Å². The molecule has 3 N–H and O–H groups in total. The zero-order valence-electron chi connectivity index (χ0n) is 9.16. The average Bonchev–Trinajstić information content (AvgIpc) is 2.16. The number of carbonyl (C=O) groups excluding carboxylic acids is 1. The number of nitrogens with one attached hydrogen (secondary N) is 1. The number of hydrogen-bond donors (Lipinski definition) is 2. The summed E-state index contributed by atoms with van der Waals surface area (Å²) in [4.78, 5) is 13.1. The number of likely N-dealkylation sites (N-methyl/N-ethyl adjacent to an activating group) is 1. The van der Waals surface area contributed by atoms with Crippen molar-refractivity contribution >= 4 is 11.6 Å². The van der Waals surface area contributed by atoms with E-state index >= 15 is 0 Å². The predicted molar refractivity (Wildman–Crippen MR) is 61.3 cm³/mol. The standard InChI is InChI=1S/C11H17N3O/c1-14(2)8-11(15)13-7-9-3-5-10(12)6-4-9/h3-6H,7-8,12H2,1-2H3,(H,13,15). The van der Waals surface area contributed by atoms with Crippen molar-refractivity contribution in [3.63, 3.8) is 0 Å². The number of anilines is 1. The maximum Gasteiger partial charge on any atom is 0.234 e. The molecule has 0 aliphatic heterocycles. The van der Waals surface area contributed by atoms with Crippen molar-refractivity contribution in [1.82, 2.24) is 10.2 Å². The average molecular weight is 207 g/mol. The van der Waals surface area contributed by atoms with Crippen molar-refractivity contribution in [1.29, 1.82) is 0 Å². The van der Waals surface area contributed by atoms with Crippen molar-refractivity contribution in [3.05, 3.63) is 29.8 Å². The molecule has 0 spiro atoms. The zero-order chi connectivity index (χ0) is 11.3. The van der Waals surface area contributed by atoms with Crippen molar-refractivity contribution in [2.75, 3.05) is 26.4 Å². The summed E-state index contributed by atoms with van der Waals surface area (Å²) in [5.41, 5.74) is 7.34. The highest BCUT2D eigenvalue weighted by Crippen LogP contribution is 2.04. The quantitative estimate of drug-likeness (QED) is 0.705. The zero-order valence-corrected chi connectivity index (χ0v) is 9.16. The minimum atomic E-state index is 0.0248. The summed E-state index contributed by atoms with van der Waals surface area (Å²) < 4.78 is 0. The lowest BCUT2D eigenvalue weighted by Gasteiger charge is -2.10. The highest BCUT2D eigenvalue weighted by atomic mass is 16.1. The lowest BCUT2D eigenvalue weighted by molar-refractivity contribution is -0.121. The number of carbonyl (C=O) groups is 1. The summed E-state index contributed by atoms with van der Waals surface area (Å²) >= 11 is 0. The normalized spacial score (nSPS) is 10.3. The molecule has 1 aromatic rings. The molecule has 82 valence electrons. The molecule has 1 amide bonds. The first-order valence-corrected chi connectivity index (χ1v) is 4.84. The van der Waals surface area contributed by atoms with Gasteiger partial charge < -0.3 is 16.0 Å². The van der Waals surface area contributed by atoms with E-state index in [9.17, 15) is 4.79 Å². The van der Waals surface area contributed by atoms with Crippen molar-refractivity contribution in [3.8, 4) is 0 Å². The molecule has 0 aliphatic rings. The third-order valence-electron chi connectivity index (χ3n) is 1.93. The van der Waals surface area contributed by atoms with Gasteiger partial charge in [0, 0.05) is 12.2 Å². The van der Waals surface area contributed by atoms with E-state index in [1.165, 1.54) is 0 Å². The maximum absolute atomic E-state index is 11.3. The van der Waals surface area contributed by atoms with Gasteiger partial charge in [0.25, 0.3) is 0 Å². The predicted octanol–water partition coefficient (Wildman–Crippen LogP) is 0.447. The Kier molecular flexibility index (Phi) is 4.12. The van der Waals surface area contributed by atoms with E-state index in [2.05, 4.69) is 5.32 Å². The lowest BCUT2D eigenvalue weighted by atomic mass is 10.2. The molecule has 1 rings (SSSR count). The van der Waals surface area contributed by atoms with Gasteiger partial charge in [-0.2, -0.15) is 0 Å². The van der Waals surface area contributed by atoms with E-state index in [4.69, 9.17) is 5.73 Å². The molecule has 0 aliphatic carbocycles. The number of hydrogen-bond acceptors (Lipinski definition) is 3. The lowest BCUT2D eigenvalue weighted by Crippen LogP contribution is -2.32. The summed E-state index contributed by atoms with van der Waals surface area (Å²) in [5, 5.41) is 2.83. The molecule has 0 radical (unpaired) electrons. The summed E-state index contributed by atoms with van der Waals surface area (Å²) in [6, 6.07) is 7.47. The molecule has 0 bridgehead atoms. The Balaban J connectivity index is 2.37. The molecule has 15 heavy (non-hydrogen) atoms. The molecule has 0 unspecified atom stereocenters. The monoisotopic (exact) mass is 207 g/mol. The van der Waals surface area contributed by atoms with Crippen LogP contribution in [0.3, 0.4) is 0 Å². The second-order valence-corrected chi connectivity index (χ2v) is 3.76. The van der Waals surface area contributed by atoms with Crippen LogP contribution in [0.4, 0.5) is 5.69 Å². The molecule has 0 aromatic heterocycles. The number of benzene rings is 1. The Morgan fingerprint density at radius 1 is 1.33 bits per heavy atom. The smallest absolute Gasteiger partial charge is 0.234 e. The van der Waals surface area contributed by atoms with Gasteiger partial charge in [-0.15, -0.1) is 0 Å². The van der Waals surface area contributed by atoms with E-state index in [0.29, 0.717) is 13.1 Å². The van der Waals surface area contributed by atoms with E-state index in [1.807, 2.05) is 43.3 Å². The van der Waals surface area contributed by atoms with E-state index in [-0.39, 0.29) is 5.91 Å². The van der Waals surface area contributed by atoms with Gasteiger partial charge in [-0.3, -0.25) is 4.79 Å². The summed E-state index contributed by atoms with van der Waals surface area (Å²) in [5.74, 6) is 0.0248. The molecule has 0 saturated heterocycles. The second-order valence-electron chi connectivity index (χ2n) is 3.76. The second kappa shape index (κ2) is 5.36. The highest BCUT2D eigenvalue weighted by Gasteiger charge is 2.01. The van der Waals surface area contributed by atoms with Gasteiger partial charge in [0.05, 0.1) is 6.54 Å². The van der Waals surface area contributed by atoms with Crippen LogP contribution >= 0.6 is 0 Å². The van der Waals surface area contributed by atoms with Crippen LogP contribution in [0.5, 0.6) is 0 Å². The number of nitrogens with zero attached hydrogens (tertiary/aromatic N) is 1. The first-order valence-electron chi connectivity index (χ1n) is 4.84. The number of rotatable bonds is 4. The molecule has 4 nitrogen and oxygen atoms in total. The van der Waals surface area contributed by atoms with Gasteiger partial charge in [-0.1, -0.05) is 12.1 Å². The number of amides is 1. The number of nitrogens with two attached hydrogens (primary N) is 1. The van der Waals surface area contributed by atoms with Crippen molar-refractivity contribution < 1.29 is 4.79 Å². The molecule has 0 fully saturated rings. The van der Waals surface area contributed by atoms with Gasteiger partial charge >= 0.3 is 0 Å². The molecule has 4 heteroatoms. The van der Waals surface area contributed by atoms with Crippen LogP contribution in [0.1, 0.15) is 5.56 Å². The fraction of sp³-hybridized carbons (Fsp3) is 0.364. The van der Waals surface area contributed by atoms with Gasteiger partial charge in [-0.05, 0) is 31.8 Å². The Morgan fingerprint density at radius 2 is 1.93 bits per heavy atom. The Labute approximate surface area is 90.1 Å². The van der Waals surface area contributed by atoms with Gasteiger partial charge in [0.2, 0.25) is 5.91 Å². The molecule has 1 aromatic carbocycles. The first-order chi connectivity index (χ1) is 7.08. The Hall–Kier alpha value is -1.55. The van der Waals surface area contributed by atoms with Crippen LogP contribution < -0.4 is 11.1 Å². The Bertz CT molecular complexity index is 319. The van der Waals surface area contributed by atoms with E-state index < -0.39 is 0 Å². The SMILES string of the molecule is CN(C)CC(=O)NCc1ccc(N)cc1. The third kappa shape index (κ3) is 4.46. The van der Waals surface area contributed by atoms with Crippen molar-refractivity contribution in [2.24, 2.45) is 0 Å². The van der Waals surface area contributed by atoms with Gasteiger partial charge in [0.1, 0.15) is 0 Å². The molecular formula is C11H17N3O. The van der Waals surface area contributed by atoms with Gasteiger partial charge in [0.15, 0.2) is 0 Å². The summed E-state index contributed by atoms with van der Waals surface area (Å²) in [6.45, 7) is 0.960. The highest BCUT2D eigenvalue weighted by molar-refractivity contribution is 5.77. The van der Waals surface area contributed by atoms with E-state index in [0.717, 1.165) is 11.3 Å². The topological polar surface area (TPSA) is 58.4 Å². The Morgan fingerprint density at radius 3 is 2.47 bits per heavy atom. The van der Waals surface area contributed by atoms with Crippen LogP contribution in [0.2, 0.25) is 0 Å². The first kappa shape index (κ1) is 11.5. The maximum atomic E-state index is 11.3. The fourth-order valence-corrected chi connectivity index (χ4v) is 1.18. The number of nitrogen functional groups attached to an aromatic ring is 1. The molecule has 0 atom stereocenters. The van der Waals surface area contributed by atoms with Crippen LogP contribution in [0, 0.1) is 0 Å². The minimum absolute atomic E-state index is 0.0248. The largest absolute Gasteiger partial charge is 0.399 e. The van der Waals surface area contributed by atoms with Crippen LogP contribution in [-0.4, -0.2) is 31.4 Å². The molecular weight excluding hydrogens is 190 g/mol. The summed E-state index contributed by atoms with van der Waals surface area (Å²) in [6.07, 6.45) is 0. The summed E-state index contributed by atoms with van der Waals surface area (Å²) in [7, 11) is 3.73. The van der Waals surface area contributed by atoms with Crippen LogP contribution in [0.15, 0.2) is 24.3 Å². The molecule has 0 saturated carbocycles. The van der Waals surface area contributed by atoms with E-state index in [1.54, 1.807) is 0 Å². The third-order valence-corrected chi connectivity index (χ3v) is 1.93. The fourth-order valence-electron chi connectivity index (χ4n) is 1.18. The van der Waals surface area contributed by atoms with Crippen LogP contribution in [-0.2, 0) is 11.3 Å². The molecule has 0 heterocycles. The van der Waals surface area contributed by atoms with Gasteiger partial charge in [-0.25, -0.2) is 0 Å².